The highest BCUT2D eigenvalue weighted by molar-refractivity contribution is 9.10. The van der Waals surface area contributed by atoms with Gasteiger partial charge in [0.1, 0.15) is 4.99 Å². The zero-order chi connectivity index (χ0) is 14.8. The van der Waals surface area contributed by atoms with Crippen LogP contribution in [0.1, 0.15) is 31.9 Å². The summed E-state index contributed by atoms with van der Waals surface area (Å²) in [5, 5.41) is 3.27. The van der Waals surface area contributed by atoms with Crippen molar-refractivity contribution in [2.24, 2.45) is 0 Å². The average molecular weight is 348 g/mol. The number of rotatable bonds is 2. The minimum Gasteiger partial charge on any atom is -0.345 e. The van der Waals surface area contributed by atoms with Crippen molar-refractivity contribution < 1.29 is 0 Å². The number of benzene rings is 2. The van der Waals surface area contributed by atoms with Crippen LogP contribution in [0.5, 0.6) is 0 Å². The molecule has 0 aliphatic carbocycles. The van der Waals surface area contributed by atoms with Crippen molar-refractivity contribution >= 4 is 38.8 Å². The molecule has 0 saturated heterocycles. The van der Waals surface area contributed by atoms with Crippen molar-refractivity contribution in [3.05, 3.63) is 64.1 Å². The molecule has 0 aliphatic rings. The number of nitrogens with one attached hydrogen (secondary N) is 1. The number of para-hydroxylation sites is 1. The quantitative estimate of drug-likeness (QED) is 0.716. The number of hydrogen-bond donors (Lipinski definition) is 1. The van der Waals surface area contributed by atoms with E-state index in [0.717, 1.165) is 20.7 Å². The highest BCUT2D eigenvalue weighted by atomic mass is 79.9. The van der Waals surface area contributed by atoms with E-state index in [1.807, 2.05) is 24.3 Å². The van der Waals surface area contributed by atoms with Gasteiger partial charge in [-0.25, -0.2) is 0 Å². The molecule has 0 atom stereocenters. The Labute approximate surface area is 134 Å². The molecule has 1 nitrogen and oxygen atoms in total. The van der Waals surface area contributed by atoms with Crippen LogP contribution in [0.3, 0.4) is 0 Å². The topological polar surface area (TPSA) is 12.0 Å². The van der Waals surface area contributed by atoms with Crippen molar-refractivity contribution in [2.45, 2.75) is 26.2 Å². The third-order valence-corrected chi connectivity index (χ3v) is 4.16. The molecule has 2 aromatic rings. The molecule has 1 N–H and O–H groups in total. The minimum atomic E-state index is 0.163. The number of halogens is 1. The fraction of sp³-hybridized carbons (Fsp3) is 0.235. The van der Waals surface area contributed by atoms with E-state index >= 15 is 0 Å². The van der Waals surface area contributed by atoms with E-state index in [9.17, 15) is 0 Å². The normalized spacial score (nSPS) is 11.2. The van der Waals surface area contributed by atoms with Gasteiger partial charge in [-0.05, 0) is 39.0 Å². The Morgan fingerprint density at radius 3 is 2.15 bits per heavy atom. The Morgan fingerprint density at radius 1 is 1.00 bits per heavy atom. The van der Waals surface area contributed by atoms with Crippen LogP contribution in [-0.2, 0) is 5.41 Å². The Bertz CT molecular complexity index is 612. The predicted molar refractivity (Wildman–Crippen MR) is 94.6 cm³/mol. The maximum Gasteiger partial charge on any atom is 0.111 e. The molecule has 0 aromatic heterocycles. The Hall–Kier alpha value is -1.19. The van der Waals surface area contributed by atoms with Crippen molar-refractivity contribution in [3.63, 3.8) is 0 Å². The van der Waals surface area contributed by atoms with Gasteiger partial charge in [-0.1, -0.05) is 69.4 Å². The summed E-state index contributed by atoms with van der Waals surface area (Å²) < 4.78 is 1.01. The summed E-state index contributed by atoms with van der Waals surface area (Å²) in [6.07, 6.45) is 0. The lowest BCUT2D eigenvalue weighted by molar-refractivity contribution is 0.590. The van der Waals surface area contributed by atoms with Crippen LogP contribution in [-0.4, -0.2) is 4.99 Å². The second kappa shape index (κ2) is 6.06. The first-order valence-corrected chi connectivity index (χ1v) is 7.74. The summed E-state index contributed by atoms with van der Waals surface area (Å²) >= 11 is 8.98. The van der Waals surface area contributed by atoms with Gasteiger partial charge in [0.05, 0.1) is 5.69 Å². The fourth-order valence-electron chi connectivity index (χ4n) is 1.88. The fourth-order valence-corrected chi connectivity index (χ4v) is 2.51. The number of hydrogen-bond acceptors (Lipinski definition) is 1. The second-order valence-corrected chi connectivity index (χ2v) is 7.02. The van der Waals surface area contributed by atoms with Crippen molar-refractivity contribution in [1.29, 1.82) is 0 Å². The predicted octanol–water partition coefficient (Wildman–Crippen LogP) is 5.53. The highest BCUT2D eigenvalue weighted by Gasteiger charge is 2.13. The third kappa shape index (κ3) is 3.68. The maximum absolute atomic E-state index is 5.47. The summed E-state index contributed by atoms with van der Waals surface area (Å²) in [7, 11) is 0. The lowest BCUT2D eigenvalue weighted by Gasteiger charge is -2.19. The largest absolute Gasteiger partial charge is 0.345 e. The molecule has 2 aromatic carbocycles. The van der Waals surface area contributed by atoms with Gasteiger partial charge in [-0.15, -0.1) is 0 Å². The van der Waals surface area contributed by atoms with Crippen molar-refractivity contribution in [1.82, 2.24) is 0 Å². The maximum atomic E-state index is 5.47. The van der Waals surface area contributed by atoms with E-state index < -0.39 is 0 Å². The first-order chi connectivity index (χ1) is 9.38. The van der Waals surface area contributed by atoms with E-state index in [0.29, 0.717) is 0 Å². The van der Waals surface area contributed by atoms with Gasteiger partial charge >= 0.3 is 0 Å². The third-order valence-electron chi connectivity index (χ3n) is 3.14. The summed E-state index contributed by atoms with van der Waals surface area (Å²) in [6, 6.07) is 16.4. The van der Waals surface area contributed by atoms with Gasteiger partial charge in [0, 0.05) is 10.0 Å². The first-order valence-electron chi connectivity index (χ1n) is 6.54. The summed E-state index contributed by atoms with van der Waals surface area (Å²) in [6.45, 7) is 6.62. The molecule has 0 radical (unpaired) electrons. The molecular weight excluding hydrogens is 330 g/mol. The number of thiocarbonyl (C=S) groups is 1. The molecule has 104 valence electrons. The lowest BCUT2D eigenvalue weighted by atomic mass is 9.87. The van der Waals surface area contributed by atoms with Gasteiger partial charge in [0.2, 0.25) is 0 Å². The zero-order valence-corrected chi connectivity index (χ0v) is 14.3. The molecule has 0 unspecified atom stereocenters. The summed E-state index contributed by atoms with van der Waals surface area (Å²) in [5.41, 5.74) is 3.49. The van der Waals surface area contributed by atoms with E-state index in [1.54, 1.807) is 0 Å². The smallest absolute Gasteiger partial charge is 0.111 e. The molecule has 2 rings (SSSR count). The van der Waals surface area contributed by atoms with Crippen molar-refractivity contribution in [2.75, 3.05) is 5.32 Å². The molecule has 0 spiro atoms. The molecule has 20 heavy (non-hydrogen) atoms. The monoisotopic (exact) mass is 347 g/mol. The van der Waals surface area contributed by atoms with Crippen LogP contribution in [0.2, 0.25) is 0 Å². The van der Waals surface area contributed by atoms with Crippen LogP contribution < -0.4 is 5.32 Å². The highest BCUT2D eigenvalue weighted by Crippen LogP contribution is 2.24. The van der Waals surface area contributed by atoms with E-state index in [2.05, 4.69) is 66.3 Å². The van der Waals surface area contributed by atoms with Gasteiger partial charge in [-0.2, -0.15) is 0 Å². The SMILES string of the molecule is CC(C)(C)c1ccc(C(=S)Nc2ccccc2Br)cc1. The van der Waals surface area contributed by atoms with Gasteiger partial charge in [-0.3, -0.25) is 0 Å². The zero-order valence-electron chi connectivity index (χ0n) is 11.9. The second-order valence-electron chi connectivity index (χ2n) is 5.76. The molecule has 0 bridgehead atoms. The molecule has 0 saturated carbocycles. The minimum absolute atomic E-state index is 0.163. The molecule has 3 heteroatoms. The van der Waals surface area contributed by atoms with Gasteiger partial charge < -0.3 is 5.32 Å². The molecule has 0 heterocycles. The molecule has 0 amide bonds. The Balaban J connectivity index is 2.16. The van der Waals surface area contributed by atoms with E-state index in [1.165, 1.54) is 5.56 Å². The van der Waals surface area contributed by atoms with Gasteiger partial charge in [0.25, 0.3) is 0 Å². The van der Waals surface area contributed by atoms with Crippen LogP contribution >= 0.6 is 28.1 Å². The Kier molecular flexibility index (Phi) is 4.61. The lowest BCUT2D eigenvalue weighted by Crippen LogP contribution is -2.13. The van der Waals surface area contributed by atoms with Crippen LogP contribution in [0.25, 0.3) is 0 Å². The summed E-state index contributed by atoms with van der Waals surface area (Å²) in [5.74, 6) is 0. The van der Waals surface area contributed by atoms with Crippen LogP contribution in [0.15, 0.2) is 53.0 Å². The van der Waals surface area contributed by atoms with Gasteiger partial charge in [0.15, 0.2) is 0 Å². The van der Waals surface area contributed by atoms with Crippen LogP contribution in [0.4, 0.5) is 5.69 Å². The van der Waals surface area contributed by atoms with Crippen molar-refractivity contribution in [3.8, 4) is 0 Å². The average Bonchev–Trinajstić information content (AvgIpc) is 2.40. The summed E-state index contributed by atoms with van der Waals surface area (Å²) in [4.78, 5) is 0.734. The number of anilines is 1. The van der Waals surface area contributed by atoms with E-state index in [4.69, 9.17) is 12.2 Å². The van der Waals surface area contributed by atoms with E-state index in [-0.39, 0.29) is 5.41 Å². The standard InChI is InChI=1S/C17H18BrNS/c1-17(2,3)13-10-8-12(9-11-13)16(20)19-15-7-5-4-6-14(15)18/h4-11H,1-3H3,(H,19,20). The molecule has 0 fully saturated rings. The Morgan fingerprint density at radius 2 is 1.60 bits per heavy atom. The van der Waals surface area contributed by atoms with Crippen LogP contribution in [0, 0.1) is 0 Å². The molecule has 0 aliphatic heterocycles. The molecular formula is C17H18BrNS. The first kappa shape index (κ1) is 15.2.